The van der Waals surface area contributed by atoms with Gasteiger partial charge in [0, 0.05) is 43.9 Å². The number of imidazole rings is 1. The zero-order chi connectivity index (χ0) is 18.6. The lowest BCUT2D eigenvalue weighted by Crippen LogP contribution is -2.34. The van der Waals surface area contributed by atoms with Gasteiger partial charge >= 0.3 is 0 Å². The molecule has 0 aliphatic carbocycles. The molecule has 8 heteroatoms. The molecule has 4 rings (SSSR count). The van der Waals surface area contributed by atoms with Crippen molar-refractivity contribution in [3.05, 3.63) is 54.3 Å². The van der Waals surface area contributed by atoms with Gasteiger partial charge in [-0.05, 0) is 32.4 Å². The van der Waals surface area contributed by atoms with E-state index in [0.717, 1.165) is 42.5 Å². The number of aryl methyl sites for hydroxylation is 2. The molecule has 1 aliphatic heterocycles. The highest BCUT2D eigenvalue weighted by molar-refractivity contribution is 5.47. The van der Waals surface area contributed by atoms with E-state index in [1.165, 1.54) is 12.8 Å². The predicted molar refractivity (Wildman–Crippen MR) is 102 cm³/mol. The molecule has 1 saturated heterocycles. The van der Waals surface area contributed by atoms with Crippen LogP contribution >= 0.6 is 0 Å². The van der Waals surface area contributed by atoms with Crippen LogP contribution in [0, 0.1) is 6.92 Å². The molecule has 0 bridgehead atoms. The Morgan fingerprint density at radius 2 is 2.00 bits per heavy atom. The minimum Gasteiger partial charge on any atom is -0.340 e. The van der Waals surface area contributed by atoms with Crippen LogP contribution in [0.4, 0.5) is 11.8 Å². The van der Waals surface area contributed by atoms with Crippen molar-refractivity contribution in [2.24, 2.45) is 7.05 Å². The van der Waals surface area contributed by atoms with Crippen LogP contribution < -0.4 is 5.32 Å². The highest BCUT2D eigenvalue weighted by atomic mass is 15.2. The van der Waals surface area contributed by atoms with Gasteiger partial charge in [-0.25, -0.2) is 24.9 Å². The predicted octanol–water partition coefficient (Wildman–Crippen LogP) is 2.78. The molecule has 27 heavy (non-hydrogen) atoms. The van der Waals surface area contributed by atoms with E-state index >= 15 is 0 Å². The van der Waals surface area contributed by atoms with Crippen molar-refractivity contribution in [1.82, 2.24) is 34.4 Å². The van der Waals surface area contributed by atoms with Gasteiger partial charge in [0.15, 0.2) is 0 Å². The zero-order valence-corrected chi connectivity index (χ0v) is 15.7. The second-order valence-electron chi connectivity index (χ2n) is 6.96. The Kier molecular flexibility index (Phi) is 5.06. The standard InChI is InChI=1S/C19H24N8/c1-14-10-17(25-19-20-7-5-8-21-19)24-18(23-14)16-6-3-4-9-27(16)12-15-11-26(2)13-22-15/h5,7-8,10-11,13,16H,3-4,6,9,12H2,1-2H3,(H,20,21,23,24,25). The first-order chi connectivity index (χ1) is 13.2. The lowest BCUT2D eigenvalue weighted by molar-refractivity contribution is 0.132. The van der Waals surface area contributed by atoms with Gasteiger partial charge in [0.1, 0.15) is 11.6 Å². The summed E-state index contributed by atoms with van der Waals surface area (Å²) in [5.74, 6) is 2.12. The third-order valence-corrected chi connectivity index (χ3v) is 4.71. The number of likely N-dealkylation sites (tertiary alicyclic amines) is 1. The second kappa shape index (κ2) is 7.79. The molecule has 1 unspecified atom stereocenters. The summed E-state index contributed by atoms with van der Waals surface area (Å²) in [7, 11) is 2.00. The van der Waals surface area contributed by atoms with E-state index < -0.39 is 0 Å². The van der Waals surface area contributed by atoms with Crippen LogP contribution in [0.1, 0.15) is 42.5 Å². The minimum atomic E-state index is 0.192. The zero-order valence-electron chi connectivity index (χ0n) is 15.7. The summed E-state index contributed by atoms with van der Waals surface area (Å²) in [5, 5.41) is 3.18. The molecule has 1 aliphatic rings. The van der Waals surface area contributed by atoms with E-state index in [1.54, 1.807) is 18.5 Å². The lowest BCUT2D eigenvalue weighted by Gasteiger charge is -2.34. The maximum absolute atomic E-state index is 4.78. The van der Waals surface area contributed by atoms with Crippen LogP contribution in [-0.2, 0) is 13.6 Å². The van der Waals surface area contributed by atoms with Gasteiger partial charge in [-0.15, -0.1) is 0 Å². The van der Waals surface area contributed by atoms with E-state index in [1.807, 2.05) is 30.9 Å². The summed E-state index contributed by atoms with van der Waals surface area (Å²) in [6.45, 7) is 3.84. The Bertz CT molecular complexity index is 892. The summed E-state index contributed by atoms with van der Waals surface area (Å²) < 4.78 is 1.99. The highest BCUT2D eigenvalue weighted by Crippen LogP contribution is 2.31. The van der Waals surface area contributed by atoms with Crippen LogP contribution in [0.5, 0.6) is 0 Å². The van der Waals surface area contributed by atoms with Crippen LogP contribution in [0.2, 0.25) is 0 Å². The van der Waals surface area contributed by atoms with Crippen molar-refractivity contribution >= 4 is 11.8 Å². The molecule has 0 aromatic carbocycles. The Balaban J connectivity index is 1.58. The second-order valence-corrected chi connectivity index (χ2v) is 6.96. The van der Waals surface area contributed by atoms with E-state index in [2.05, 4.69) is 31.4 Å². The first-order valence-electron chi connectivity index (χ1n) is 9.28. The molecule has 4 heterocycles. The van der Waals surface area contributed by atoms with Crippen molar-refractivity contribution < 1.29 is 0 Å². The van der Waals surface area contributed by atoms with Crippen LogP contribution in [-0.4, -0.2) is 40.9 Å². The number of anilines is 2. The highest BCUT2D eigenvalue weighted by Gasteiger charge is 2.27. The maximum atomic E-state index is 4.78. The fourth-order valence-electron chi connectivity index (χ4n) is 3.51. The summed E-state index contributed by atoms with van der Waals surface area (Å²) in [6.07, 6.45) is 10.8. The van der Waals surface area contributed by atoms with E-state index in [0.29, 0.717) is 5.95 Å². The molecule has 1 N–H and O–H groups in total. The Labute approximate surface area is 158 Å². The third kappa shape index (κ3) is 4.28. The van der Waals surface area contributed by atoms with Gasteiger partial charge in [0.2, 0.25) is 5.95 Å². The number of piperidine rings is 1. The SMILES string of the molecule is Cc1cc(Nc2ncccn2)nc(C2CCCCN2Cc2cn(C)cn2)n1. The van der Waals surface area contributed by atoms with Gasteiger partial charge in [0.25, 0.3) is 0 Å². The van der Waals surface area contributed by atoms with Gasteiger partial charge in [0.05, 0.1) is 18.1 Å². The molecule has 8 nitrogen and oxygen atoms in total. The largest absolute Gasteiger partial charge is 0.340 e. The normalized spacial score (nSPS) is 17.8. The summed E-state index contributed by atoms with van der Waals surface area (Å²) in [6, 6.07) is 3.91. The topological polar surface area (TPSA) is 84.7 Å². The van der Waals surface area contributed by atoms with Crippen LogP contribution in [0.25, 0.3) is 0 Å². The summed E-state index contributed by atoms with van der Waals surface area (Å²) in [5.41, 5.74) is 2.01. The Morgan fingerprint density at radius 3 is 2.78 bits per heavy atom. The molecule has 0 amide bonds. The Hall–Kier alpha value is -2.87. The van der Waals surface area contributed by atoms with Crippen molar-refractivity contribution in [2.75, 3.05) is 11.9 Å². The molecule has 0 saturated carbocycles. The van der Waals surface area contributed by atoms with Gasteiger partial charge in [-0.1, -0.05) is 6.42 Å². The summed E-state index contributed by atoms with van der Waals surface area (Å²) >= 11 is 0. The van der Waals surface area contributed by atoms with Crippen molar-refractivity contribution in [3.8, 4) is 0 Å². The number of aromatic nitrogens is 6. The number of hydrogen-bond acceptors (Lipinski definition) is 7. The molecule has 3 aromatic heterocycles. The van der Waals surface area contributed by atoms with Gasteiger partial charge < -0.3 is 9.88 Å². The lowest BCUT2D eigenvalue weighted by atomic mass is 10.0. The maximum Gasteiger partial charge on any atom is 0.228 e. The molecular weight excluding hydrogens is 340 g/mol. The fourth-order valence-corrected chi connectivity index (χ4v) is 3.51. The first-order valence-corrected chi connectivity index (χ1v) is 9.28. The van der Waals surface area contributed by atoms with Gasteiger partial charge in [-0.2, -0.15) is 0 Å². The molecular formula is C19H24N8. The number of rotatable bonds is 5. The van der Waals surface area contributed by atoms with Crippen molar-refractivity contribution in [1.29, 1.82) is 0 Å². The quantitative estimate of drug-likeness (QED) is 0.745. The number of hydrogen-bond donors (Lipinski definition) is 1. The molecule has 140 valence electrons. The number of nitrogens with one attached hydrogen (secondary N) is 1. The average molecular weight is 364 g/mol. The average Bonchev–Trinajstić information content (AvgIpc) is 3.07. The molecule has 1 fully saturated rings. The first kappa shape index (κ1) is 17.5. The van der Waals surface area contributed by atoms with Crippen molar-refractivity contribution in [3.63, 3.8) is 0 Å². The van der Waals surface area contributed by atoms with Crippen LogP contribution in [0.15, 0.2) is 37.1 Å². The van der Waals surface area contributed by atoms with Crippen molar-refractivity contribution in [2.45, 2.75) is 38.8 Å². The van der Waals surface area contributed by atoms with Crippen LogP contribution in [0.3, 0.4) is 0 Å². The number of nitrogens with zero attached hydrogens (tertiary/aromatic N) is 7. The Morgan fingerprint density at radius 1 is 1.15 bits per heavy atom. The minimum absolute atomic E-state index is 0.192. The van der Waals surface area contributed by atoms with Gasteiger partial charge in [-0.3, -0.25) is 4.90 Å². The molecule has 3 aromatic rings. The monoisotopic (exact) mass is 364 g/mol. The fraction of sp³-hybridized carbons (Fsp3) is 0.421. The summed E-state index contributed by atoms with van der Waals surface area (Å²) in [4.78, 5) is 24.9. The molecule has 1 atom stereocenters. The van der Waals surface area contributed by atoms with E-state index in [4.69, 9.17) is 9.97 Å². The van der Waals surface area contributed by atoms with E-state index in [9.17, 15) is 0 Å². The molecule has 0 spiro atoms. The third-order valence-electron chi connectivity index (χ3n) is 4.71. The van der Waals surface area contributed by atoms with E-state index in [-0.39, 0.29) is 6.04 Å². The molecule has 0 radical (unpaired) electrons. The smallest absolute Gasteiger partial charge is 0.228 e.